The molecule has 12 heteroatoms. The fourth-order valence-corrected chi connectivity index (χ4v) is 5.47. The molecule has 202 valence electrons. The van der Waals surface area contributed by atoms with Gasteiger partial charge in [0.25, 0.3) is 0 Å². The van der Waals surface area contributed by atoms with Crippen LogP contribution in [0.1, 0.15) is 22.8 Å². The van der Waals surface area contributed by atoms with Crippen molar-refractivity contribution in [2.24, 2.45) is 0 Å². The summed E-state index contributed by atoms with van der Waals surface area (Å²) in [7, 11) is 7.02. The Kier molecular flexibility index (Phi) is 6.39. The lowest BCUT2D eigenvalue weighted by molar-refractivity contribution is 0.415. The summed E-state index contributed by atoms with van der Waals surface area (Å²) in [5, 5.41) is 24.0. The highest BCUT2D eigenvalue weighted by Gasteiger charge is 2.22. The Morgan fingerprint density at radius 1 is 0.690 bits per heavy atom. The number of ether oxygens (including phenoxy) is 2. The van der Waals surface area contributed by atoms with Crippen molar-refractivity contribution in [1.82, 2.24) is 28.9 Å². The second kappa shape index (κ2) is 10.1. The predicted octanol–water partition coefficient (Wildman–Crippen LogP) is 1.20. The van der Waals surface area contributed by atoms with E-state index < -0.39 is 0 Å². The maximum absolute atomic E-state index is 10.5. The van der Waals surface area contributed by atoms with Crippen molar-refractivity contribution in [2.45, 2.75) is 13.8 Å². The van der Waals surface area contributed by atoms with Gasteiger partial charge in [0.05, 0.1) is 59.4 Å². The summed E-state index contributed by atoms with van der Waals surface area (Å²) in [6, 6.07) is 15.7. The van der Waals surface area contributed by atoms with Gasteiger partial charge in [-0.3, -0.25) is 9.97 Å². The molecule has 0 aliphatic heterocycles. The largest absolute Gasteiger partial charge is 0.497 e. The Labute approximate surface area is 242 Å². The molecule has 0 unspecified atom stereocenters. The van der Waals surface area contributed by atoms with Crippen LogP contribution >= 0.6 is 0 Å². The molecule has 6 aromatic rings. The molecule has 0 radical (unpaired) electrons. The van der Waals surface area contributed by atoms with E-state index in [1.54, 1.807) is 38.7 Å². The molecule has 42 heavy (non-hydrogen) atoms. The first kappa shape index (κ1) is 26.6. The van der Waals surface area contributed by atoms with Crippen molar-refractivity contribution < 1.29 is 9.47 Å². The average molecular weight is 550 g/mol. The van der Waals surface area contributed by atoms with E-state index in [0.29, 0.717) is 66.8 Å². The van der Waals surface area contributed by atoms with Crippen molar-refractivity contribution in [1.29, 1.82) is 10.5 Å². The molecule has 0 spiro atoms. The average Bonchev–Trinajstić information content (AvgIpc) is 3.42. The van der Waals surface area contributed by atoms with Gasteiger partial charge in [-0.1, -0.05) is 0 Å². The summed E-state index contributed by atoms with van der Waals surface area (Å²) in [5.74, 6) is 1.31. The molecule has 2 aromatic carbocycles. The van der Waals surface area contributed by atoms with Crippen LogP contribution in [0.15, 0.2) is 48.8 Å². The maximum Gasteiger partial charge on any atom is 0.223 e. The summed E-state index contributed by atoms with van der Waals surface area (Å²) >= 11 is 0. The third-order valence-corrected chi connectivity index (χ3v) is 7.83. The van der Waals surface area contributed by atoms with Gasteiger partial charge < -0.3 is 18.4 Å². The summed E-state index contributed by atoms with van der Waals surface area (Å²) < 4.78 is 14.7. The Morgan fingerprint density at radius 2 is 1.10 bits per heavy atom. The molecule has 4 aromatic heterocycles. The maximum atomic E-state index is 10.5. The molecule has 0 N–H and O–H groups in total. The van der Waals surface area contributed by atoms with Gasteiger partial charge in [0, 0.05) is 34.3 Å². The molecule has 0 fully saturated rings. The first-order chi connectivity index (χ1) is 20.3. The summed E-state index contributed by atoms with van der Waals surface area (Å²) in [5.41, 5.74) is 6.09. The zero-order valence-corrected chi connectivity index (χ0v) is 24.0. The standard InChI is InChI=1S/C30H24B2N8O2/c1-15-27-28(30(39(15)31)20(12-34)26-14-36-22-8-6-18(42-4)10-24(22)38-26)16(2)40(32)29(27)19(11-33)25-13-35-21-7-5-17(41-3)9-23(21)37-25/h5-10,13-14H,31-32H2,1-4H3/b29-19-,30-20-. The van der Waals surface area contributed by atoms with Crippen molar-refractivity contribution in [3.8, 4) is 23.6 Å². The van der Waals surface area contributed by atoms with Gasteiger partial charge in [-0.2, -0.15) is 10.5 Å². The van der Waals surface area contributed by atoms with E-state index in [0.717, 1.165) is 22.2 Å². The minimum Gasteiger partial charge on any atom is -0.497 e. The number of hydrogen-bond acceptors (Lipinski definition) is 8. The lowest BCUT2D eigenvalue weighted by Crippen LogP contribution is -2.24. The van der Waals surface area contributed by atoms with E-state index >= 15 is 0 Å². The Morgan fingerprint density at radius 3 is 1.45 bits per heavy atom. The summed E-state index contributed by atoms with van der Waals surface area (Å²) in [6.45, 7) is 3.96. The summed E-state index contributed by atoms with van der Waals surface area (Å²) in [4.78, 5) is 18.7. The van der Waals surface area contributed by atoms with Crippen LogP contribution in [-0.4, -0.2) is 59.1 Å². The van der Waals surface area contributed by atoms with Gasteiger partial charge in [-0.25, -0.2) is 9.97 Å². The molecule has 0 saturated heterocycles. The number of benzene rings is 2. The highest BCUT2D eigenvalue weighted by molar-refractivity contribution is 6.14. The lowest BCUT2D eigenvalue weighted by Gasteiger charge is -2.07. The first-order valence-corrected chi connectivity index (χ1v) is 13.1. The predicted molar refractivity (Wildman–Crippen MR) is 165 cm³/mol. The van der Waals surface area contributed by atoms with E-state index in [4.69, 9.17) is 19.4 Å². The zero-order chi connectivity index (χ0) is 29.7. The fourth-order valence-electron chi connectivity index (χ4n) is 5.47. The zero-order valence-electron chi connectivity index (χ0n) is 24.0. The molecule has 0 aliphatic rings. The van der Waals surface area contributed by atoms with E-state index in [9.17, 15) is 10.5 Å². The van der Waals surface area contributed by atoms with Crippen LogP contribution < -0.4 is 20.2 Å². The topological polar surface area (TPSA) is 127 Å². The quantitative estimate of drug-likeness (QED) is 0.300. The molecule has 10 nitrogen and oxygen atoms in total. The molecule has 4 heterocycles. The van der Waals surface area contributed by atoms with Crippen LogP contribution in [0.3, 0.4) is 0 Å². The second-order valence-electron chi connectivity index (χ2n) is 9.93. The minimum absolute atomic E-state index is 0.379. The highest BCUT2D eigenvalue weighted by atomic mass is 16.5. The van der Waals surface area contributed by atoms with Gasteiger partial charge in [0.15, 0.2) is 0 Å². The monoisotopic (exact) mass is 550 g/mol. The number of rotatable bonds is 4. The van der Waals surface area contributed by atoms with Crippen LogP contribution in [-0.2, 0) is 0 Å². The van der Waals surface area contributed by atoms with E-state index in [2.05, 4.69) is 22.1 Å². The second-order valence-corrected chi connectivity index (χ2v) is 9.93. The molecular formula is C30H24B2N8O2. The molecule has 6 rings (SSSR count). The third-order valence-electron chi connectivity index (χ3n) is 7.83. The van der Waals surface area contributed by atoms with Gasteiger partial charge in [0.1, 0.15) is 46.2 Å². The van der Waals surface area contributed by atoms with Crippen LogP contribution in [0.2, 0.25) is 0 Å². The smallest absolute Gasteiger partial charge is 0.223 e. The molecule has 0 atom stereocenters. The van der Waals surface area contributed by atoms with Gasteiger partial charge >= 0.3 is 0 Å². The number of methoxy groups -OCH3 is 2. The van der Waals surface area contributed by atoms with Crippen molar-refractivity contribution in [2.75, 3.05) is 14.2 Å². The lowest BCUT2D eigenvalue weighted by atomic mass is 10.1. The van der Waals surface area contributed by atoms with Gasteiger partial charge in [0.2, 0.25) is 16.0 Å². The summed E-state index contributed by atoms with van der Waals surface area (Å²) in [6.07, 6.45) is 3.24. The Bertz CT molecular complexity index is 2150. The van der Waals surface area contributed by atoms with Crippen LogP contribution in [0.5, 0.6) is 11.5 Å². The fraction of sp³-hybridized carbons (Fsp3) is 0.133. The number of aryl methyl sites for hydroxylation is 2. The number of fused-ring (bicyclic) bond motifs is 3. The number of nitrogens with zero attached hydrogens (tertiary/aromatic N) is 8. The molecule has 0 bridgehead atoms. The van der Waals surface area contributed by atoms with Gasteiger partial charge in [-0.15, -0.1) is 0 Å². The number of aromatic nitrogens is 6. The minimum atomic E-state index is 0.379. The Balaban J connectivity index is 1.70. The van der Waals surface area contributed by atoms with Gasteiger partial charge in [-0.05, 0) is 38.1 Å². The van der Waals surface area contributed by atoms with Crippen molar-refractivity contribution in [3.05, 3.63) is 82.3 Å². The molecule has 0 amide bonds. The third kappa shape index (κ3) is 3.96. The first-order valence-electron chi connectivity index (χ1n) is 13.1. The molecule has 0 aliphatic carbocycles. The van der Waals surface area contributed by atoms with E-state index in [-0.39, 0.29) is 0 Å². The highest BCUT2D eigenvalue weighted by Crippen LogP contribution is 2.24. The van der Waals surface area contributed by atoms with Crippen LogP contribution in [0, 0.1) is 36.5 Å². The van der Waals surface area contributed by atoms with Crippen molar-refractivity contribution in [3.63, 3.8) is 0 Å². The van der Waals surface area contributed by atoms with Crippen LogP contribution in [0.4, 0.5) is 0 Å². The van der Waals surface area contributed by atoms with E-state index in [1.165, 1.54) is 0 Å². The molecular weight excluding hydrogens is 526 g/mol. The number of nitriles is 2. The number of hydrogen-bond donors (Lipinski definition) is 0. The van der Waals surface area contributed by atoms with Crippen molar-refractivity contribution >= 4 is 59.9 Å². The molecule has 0 saturated carbocycles. The normalized spacial score (nSPS) is 12.7. The Hall–Kier alpha value is -5.61. The SMILES string of the molecule is Bn1c(C)c2/c(=C(\C#N)c3cnc4ccc(OC)cc4n3)n(B)c(C)c2/c1=C(\C#N)c1cnc2ccc(OC)cc2n1. The van der Waals surface area contributed by atoms with E-state index in [1.807, 2.05) is 63.0 Å². The van der Waals surface area contributed by atoms with Crippen LogP contribution in [0.25, 0.3) is 44.0 Å².